The van der Waals surface area contributed by atoms with E-state index in [1.807, 2.05) is 6.08 Å². The van der Waals surface area contributed by atoms with Crippen LogP contribution in [0.5, 0.6) is 0 Å². The lowest BCUT2D eigenvalue weighted by molar-refractivity contribution is -0.118. The average Bonchev–Trinajstić information content (AvgIpc) is 2.50. The van der Waals surface area contributed by atoms with Crippen molar-refractivity contribution in [1.29, 1.82) is 0 Å². The van der Waals surface area contributed by atoms with Crippen molar-refractivity contribution >= 4 is 17.5 Å². The Balaban J connectivity index is 2.04. The van der Waals surface area contributed by atoms with Crippen LogP contribution >= 0.6 is 0 Å². The van der Waals surface area contributed by atoms with Gasteiger partial charge < -0.3 is 5.73 Å². The van der Waals surface area contributed by atoms with Gasteiger partial charge in [-0.15, -0.1) is 0 Å². The zero-order chi connectivity index (χ0) is 14.8. The monoisotopic (exact) mass is 284 g/mol. The van der Waals surface area contributed by atoms with Crippen molar-refractivity contribution in [3.63, 3.8) is 0 Å². The summed E-state index contributed by atoms with van der Waals surface area (Å²) in [6.45, 7) is 0. The topological polar surface area (TPSA) is 72.1 Å². The molecular weight excluding hydrogens is 271 g/mol. The Morgan fingerprint density at radius 1 is 1.33 bits per heavy atom. The molecule has 5 nitrogen and oxygen atoms in total. The smallest absolute Gasteiger partial charge is 0.231 e. The molecule has 2 heterocycles. The molecule has 1 aliphatic rings. The maximum absolute atomic E-state index is 13.8. The van der Waals surface area contributed by atoms with Gasteiger partial charge in [0.1, 0.15) is 5.69 Å². The maximum Gasteiger partial charge on any atom is 0.231 e. The standard InChI is InChI=1S/C15H13FN4O/c16-12-9-18-15(17)19-14(12)10-4-3-5-11(8-10)20-7-2-1-6-13(20)21/h2-5,7-9H,1,6H2,(H2,17,18,19). The van der Waals surface area contributed by atoms with Crippen LogP contribution in [0.3, 0.4) is 0 Å². The summed E-state index contributed by atoms with van der Waals surface area (Å²) < 4.78 is 13.8. The first kappa shape index (κ1) is 13.2. The summed E-state index contributed by atoms with van der Waals surface area (Å²) in [6, 6.07) is 6.96. The van der Waals surface area contributed by atoms with E-state index in [4.69, 9.17) is 5.73 Å². The number of rotatable bonds is 2. The number of carbonyl (C=O) groups excluding carboxylic acids is 1. The largest absolute Gasteiger partial charge is 0.368 e. The maximum atomic E-state index is 13.8. The van der Waals surface area contributed by atoms with E-state index in [9.17, 15) is 9.18 Å². The molecule has 1 aromatic heterocycles. The summed E-state index contributed by atoms with van der Waals surface area (Å²) in [7, 11) is 0. The van der Waals surface area contributed by atoms with Gasteiger partial charge in [-0.3, -0.25) is 9.69 Å². The third-order valence-corrected chi connectivity index (χ3v) is 3.21. The molecule has 1 aromatic carbocycles. The van der Waals surface area contributed by atoms with E-state index in [1.54, 1.807) is 35.4 Å². The molecule has 21 heavy (non-hydrogen) atoms. The minimum absolute atomic E-state index is 0.00532. The molecule has 2 aromatic rings. The number of nitrogens with two attached hydrogens (primary N) is 1. The van der Waals surface area contributed by atoms with Crippen LogP contribution in [0, 0.1) is 5.82 Å². The third kappa shape index (κ3) is 2.60. The van der Waals surface area contributed by atoms with Crippen LogP contribution in [0.4, 0.5) is 16.0 Å². The van der Waals surface area contributed by atoms with Crippen LogP contribution in [-0.2, 0) is 4.79 Å². The Morgan fingerprint density at radius 2 is 2.19 bits per heavy atom. The number of halogens is 1. The number of hydrogen-bond donors (Lipinski definition) is 1. The first-order valence-electron chi connectivity index (χ1n) is 6.52. The van der Waals surface area contributed by atoms with Gasteiger partial charge in [-0.05, 0) is 18.6 Å². The summed E-state index contributed by atoms with van der Waals surface area (Å²) in [5.74, 6) is -0.537. The van der Waals surface area contributed by atoms with Crippen LogP contribution < -0.4 is 10.6 Å². The molecule has 0 saturated heterocycles. The van der Waals surface area contributed by atoms with Crippen molar-refractivity contribution in [2.45, 2.75) is 12.8 Å². The predicted octanol–water partition coefficient (Wildman–Crippen LogP) is 2.51. The van der Waals surface area contributed by atoms with E-state index in [0.29, 0.717) is 17.7 Å². The number of benzene rings is 1. The fraction of sp³-hybridized carbons (Fsp3) is 0.133. The van der Waals surface area contributed by atoms with Crippen molar-refractivity contribution in [2.24, 2.45) is 0 Å². The van der Waals surface area contributed by atoms with Crippen molar-refractivity contribution in [1.82, 2.24) is 9.97 Å². The van der Waals surface area contributed by atoms with Crippen LogP contribution in [0.15, 0.2) is 42.7 Å². The third-order valence-electron chi connectivity index (χ3n) is 3.21. The van der Waals surface area contributed by atoms with Gasteiger partial charge in [0.05, 0.1) is 6.20 Å². The van der Waals surface area contributed by atoms with E-state index in [0.717, 1.165) is 12.6 Å². The molecular formula is C15H13FN4O. The second-order valence-electron chi connectivity index (χ2n) is 4.66. The highest BCUT2D eigenvalue weighted by atomic mass is 19.1. The SMILES string of the molecule is Nc1ncc(F)c(-c2cccc(N3C=CCCC3=O)c2)n1. The average molecular weight is 284 g/mol. The number of hydrogen-bond acceptors (Lipinski definition) is 4. The van der Waals surface area contributed by atoms with Crippen molar-refractivity contribution in [3.05, 3.63) is 48.6 Å². The van der Waals surface area contributed by atoms with Gasteiger partial charge >= 0.3 is 0 Å². The molecule has 2 N–H and O–H groups in total. The second kappa shape index (κ2) is 5.32. The van der Waals surface area contributed by atoms with Crippen LogP contribution in [0.25, 0.3) is 11.3 Å². The number of allylic oxidation sites excluding steroid dienone is 1. The Hall–Kier alpha value is -2.76. The summed E-state index contributed by atoms with van der Waals surface area (Å²) in [5.41, 5.74) is 6.84. The van der Waals surface area contributed by atoms with Gasteiger partial charge in [-0.25, -0.2) is 14.4 Å². The number of nitrogens with zero attached hydrogens (tertiary/aromatic N) is 3. The Labute approximate surface area is 120 Å². The molecule has 0 unspecified atom stereocenters. The number of anilines is 2. The van der Waals surface area contributed by atoms with E-state index < -0.39 is 5.82 Å². The predicted molar refractivity (Wildman–Crippen MR) is 77.7 cm³/mol. The highest BCUT2D eigenvalue weighted by Gasteiger charge is 2.17. The molecule has 0 aliphatic carbocycles. The van der Waals surface area contributed by atoms with Crippen molar-refractivity contribution < 1.29 is 9.18 Å². The fourth-order valence-electron chi connectivity index (χ4n) is 2.21. The lowest BCUT2D eigenvalue weighted by Crippen LogP contribution is -2.27. The molecule has 0 radical (unpaired) electrons. The zero-order valence-corrected chi connectivity index (χ0v) is 11.2. The Kier molecular flexibility index (Phi) is 3.35. The lowest BCUT2D eigenvalue weighted by atomic mass is 10.1. The van der Waals surface area contributed by atoms with Gasteiger partial charge in [0.15, 0.2) is 5.82 Å². The van der Waals surface area contributed by atoms with E-state index in [1.165, 1.54) is 0 Å². The van der Waals surface area contributed by atoms with Gasteiger partial charge in [0.25, 0.3) is 0 Å². The molecule has 0 fully saturated rings. The van der Waals surface area contributed by atoms with Gasteiger partial charge in [-0.2, -0.15) is 0 Å². The first-order chi connectivity index (χ1) is 10.1. The highest BCUT2D eigenvalue weighted by Crippen LogP contribution is 2.27. The van der Waals surface area contributed by atoms with E-state index in [2.05, 4.69) is 9.97 Å². The summed E-state index contributed by atoms with van der Waals surface area (Å²) in [6.07, 6.45) is 5.91. The van der Waals surface area contributed by atoms with Crippen molar-refractivity contribution in [2.75, 3.05) is 10.6 Å². The summed E-state index contributed by atoms with van der Waals surface area (Å²) in [4.78, 5) is 21.0. The molecule has 0 saturated carbocycles. The number of nitrogen functional groups attached to an aromatic ring is 1. The van der Waals surface area contributed by atoms with Gasteiger partial charge in [0.2, 0.25) is 11.9 Å². The highest BCUT2D eigenvalue weighted by molar-refractivity contribution is 5.96. The van der Waals surface area contributed by atoms with Crippen LogP contribution in [0.2, 0.25) is 0 Å². The Bertz CT molecular complexity index is 729. The second-order valence-corrected chi connectivity index (χ2v) is 4.66. The number of amides is 1. The van der Waals surface area contributed by atoms with Crippen LogP contribution in [0.1, 0.15) is 12.8 Å². The quantitative estimate of drug-likeness (QED) is 0.919. The number of aromatic nitrogens is 2. The molecule has 106 valence electrons. The fourth-order valence-corrected chi connectivity index (χ4v) is 2.21. The molecule has 0 atom stereocenters. The van der Waals surface area contributed by atoms with Crippen molar-refractivity contribution in [3.8, 4) is 11.3 Å². The molecule has 0 bridgehead atoms. The van der Waals surface area contributed by atoms with Gasteiger partial charge in [0, 0.05) is 23.9 Å². The molecule has 6 heteroatoms. The summed E-state index contributed by atoms with van der Waals surface area (Å²) in [5, 5.41) is 0. The normalized spacial score (nSPS) is 14.5. The molecule has 0 spiro atoms. The molecule has 1 aliphatic heterocycles. The van der Waals surface area contributed by atoms with E-state index >= 15 is 0 Å². The lowest BCUT2D eigenvalue weighted by Gasteiger charge is -2.22. The van der Waals surface area contributed by atoms with Gasteiger partial charge in [-0.1, -0.05) is 18.2 Å². The minimum atomic E-state index is -0.554. The molecule has 3 rings (SSSR count). The minimum Gasteiger partial charge on any atom is -0.368 e. The first-order valence-corrected chi connectivity index (χ1v) is 6.52. The Morgan fingerprint density at radius 3 is 3.00 bits per heavy atom. The van der Waals surface area contributed by atoms with E-state index in [-0.39, 0.29) is 17.5 Å². The van der Waals surface area contributed by atoms with Crippen LogP contribution in [-0.4, -0.2) is 15.9 Å². The number of carbonyl (C=O) groups is 1. The molecule has 1 amide bonds. The zero-order valence-electron chi connectivity index (χ0n) is 11.2. The summed E-state index contributed by atoms with van der Waals surface area (Å²) >= 11 is 0.